The Morgan fingerprint density at radius 1 is 1.11 bits per heavy atom. The van der Waals surface area contributed by atoms with Crippen molar-refractivity contribution in [2.45, 2.75) is 6.92 Å². The Labute approximate surface area is 107 Å². The molecule has 0 heterocycles. The molecule has 2 heteroatoms. The third-order valence-corrected chi connectivity index (χ3v) is 2.72. The van der Waals surface area contributed by atoms with Crippen molar-refractivity contribution >= 4 is 11.8 Å². The zero-order valence-corrected chi connectivity index (χ0v) is 10.4. The van der Waals surface area contributed by atoms with Crippen molar-refractivity contribution in [3.63, 3.8) is 0 Å². The van der Waals surface area contributed by atoms with Crippen LogP contribution in [0.1, 0.15) is 11.1 Å². The van der Waals surface area contributed by atoms with Crippen molar-refractivity contribution in [1.29, 1.82) is 0 Å². The first-order chi connectivity index (χ1) is 8.75. The standard InChI is InChI=1S/C16H16FN/c1-13-9-10-15(17)12-16(13)18-11-5-8-14-6-3-2-4-7-14/h2-10,12,18H,11H2,1H3. The van der Waals surface area contributed by atoms with Crippen LogP contribution in [0.15, 0.2) is 54.6 Å². The van der Waals surface area contributed by atoms with Gasteiger partial charge in [0.2, 0.25) is 0 Å². The van der Waals surface area contributed by atoms with E-state index in [-0.39, 0.29) is 5.82 Å². The summed E-state index contributed by atoms with van der Waals surface area (Å²) in [4.78, 5) is 0. The van der Waals surface area contributed by atoms with Crippen LogP contribution in [0.4, 0.5) is 10.1 Å². The summed E-state index contributed by atoms with van der Waals surface area (Å²) >= 11 is 0. The van der Waals surface area contributed by atoms with Crippen molar-refractivity contribution in [1.82, 2.24) is 0 Å². The zero-order chi connectivity index (χ0) is 12.8. The number of aryl methyl sites for hydroxylation is 1. The van der Waals surface area contributed by atoms with E-state index < -0.39 is 0 Å². The van der Waals surface area contributed by atoms with Crippen molar-refractivity contribution in [2.24, 2.45) is 0 Å². The first kappa shape index (κ1) is 12.4. The number of anilines is 1. The molecule has 2 aromatic carbocycles. The first-order valence-corrected chi connectivity index (χ1v) is 5.97. The molecule has 0 unspecified atom stereocenters. The number of benzene rings is 2. The molecule has 0 radical (unpaired) electrons. The fourth-order valence-corrected chi connectivity index (χ4v) is 1.71. The van der Waals surface area contributed by atoms with E-state index in [0.717, 1.165) is 16.8 Å². The molecule has 2 aromatic rings. The predicted octanol–water partition coefficient (Wildman–Crippen LogP) is 4.26. The monoisotopic (exact) mass is 241 g/mol. The Balaban J connectivity index is 1.92. The highest BCUT2D eigenvalue weighted by Gasteiger charge is 1.97. The minimum absolute atomic E-state index is 0.213. The predicted molar refractivity (Wildman–Crippen MR) is 75.1 cm³/mol. The topological polar surface area (TPSA) is 12.0 Å². The van der Waals surface area contributed by atoms with Gasteiger partial charge in [-0.2, -0.15) is 0 Å². The van der Waals surface area contributed by atoms with Crippen LogP contribution in [0.2, 0.25) is 0 Å². The maximum atomic E-state index is 13.1. The minimum Gasteiger partial charge on any atom is -0.381 e. The Morgan fingerprint density at radius 3 is 2.67 bits per heavy atom. The molecule has 92 valence electrons. The van der Waals surface area contributed by atoms with Crippen molar-refractivity contribution in [3.05, 3.63) is 71.6 Å². The van der Waals surface area contributed by atoms with E-state index in [1.807, 2.05) is 49.4 Å². The average Bonchev–Trinajstić information content (AvgIpc) is 2.40. The van der Waals surface area contributed by atoms with Gasteiger partial charge in [0, 0.05) is 12.2 Å². The highest BCUT2D eigenvalue weighted by atomic mass is 19.1. The number of hydrogen-bond donors (Lipinski definition) is 1. The fourth-order valence-electron chi connectivity index (χ4n) is 1.71. The van der Waals surface area contributed by atoms with Crippen LogP contribution in [0.25, 0.3) is 6.08 Å². The molecule has 18 heavy (non-hydrogen) atoms. The van der Waals surface area contributed by atoms with Crippen LogP contribution in [-0.2, 0) is 0 Å². The number of rotatable bonds is 4. The number of nitrogens with one attached hydrogen (secondary N) is 1. The highest BCUT2D eigenvalue weighted by Crippen LogP contribution is 2.15. The van der Waals surface area contributed by atoms with Gasteiger partial charge in [-0.3, -0.25) is 0 Å². The summed E-state index contributed by atoms with van der Waals surface area (Å²) < 4.78 is 13.1. The number of hydrogen-bond acceptors (Lipinski definition) is 1. The van der Waals surface area contributed by atoms with Crippen molar-refractivity contribution in [2.75, 3.05) is 11.9 Å². The van der Waals surface area contributed by atoms with Gasteiger partial charge >= 0.3 is 0 Å². The second-order valence-electron chi connectivity index (χ2n) is 4.15. The normalized spacial score (nSPS) is 10.8. The summed E-state index contributed by atoms with van der Waals surface area (Å²) in [6.45, 7) is 2.64. The smallest absolute Gasteiger partial charge is 0.125 e. The van der Waals surface area contributed by atoms with E-state index in [1.165, 1.54) is 12.1 Å². The lowest BCUT2D eigenvalue weighted by molar-refractivity contribution is 0.628. The van der Waals surface area contributed by atoms with Gasteiger partial charge in [0.25, 0.3) is 0 Å². The summed E-state index contributed by atoms with van der Waals surface area (Å²) in [7, 11) is 0. The third kappa shape index (κ3) is 3.45. The third-order valence-electron chi connectivity index (χ3n) is 2.72. The van der Waals surface area contributed by atoms with Gasteiger partial charge in [-0.25, -0.2) is 4.39 Å². The molecule has 0 saturated carbocycles. The van der Waals surface area contributed by atoms with E-state index in [0.29, 0.717) is 6.54 Å². The Morgan fingerprint density at radius 2 is 1.89 bits per heavy atom. The van der Waals surface area contributed by atoms with Gasteiger partial charge < -0.3 is 5.32 Å². The van der Waals surface area contributed by atoms with Crippen LogP contribution in [-0.4, -0.2) is 6.54 Å². The summed E-state index contributed by atoms with van der Waals surface area (Å²) in [5.41, 5.74) is 3.05. The second kappa shape index (κ2) is 6.01. The molecule has 0 aliphatic carbocycles. The molecule has 0 bridgehead atoms. The summed E-state index contributed by atoms with van der Waals surface area (Å²) in [5, 5.41) is 3.20. The lowest BCUT2D eigenvalue weighted by Gasteiger charge is -2.07. The van der Waals surface area contributed by atoms with Gasteiger partial charge in [0.15, 0.2) is 0 Å². The maximum Gasteiger partial charge on any atom is 0.125 e. The van der Waals surface area contributed by atoms with Crippen LogP contribution in [0, 0.1) is 12.7 Å². The van der Waals surface area contributed by atoms with Gasteiger partial charge in [-0.05, 0) is 30.2 Å². The summed E-state index contributed by atoms with van der Waals surface area (Å²) in [5.74, 6) is -0.213. The van der Waals surface area contributed by atoms with E-state index in [1.54, 1.807) is 6.07 Å². The van der Waals surface area contributed by atoms with Crippen LogP contribution in [0.5, 0.6) is 0 Å². The molecule has 0 amide bonds. The molecule has 0 atom stereocenters. The van der Waals surface area contributed by atoms with Crippen molar-refractivity contribution < 1.29 is 4.39 Å². The SMILES string of the molecule is Cc1ccc(F)cc1NCC=Cc1ccccc1. The van der Waals surface area contributed by atoms with Crippen LogP contribution >= 0.6 is 0 Å². The van der Waals surface area contributed by atoms with Gasteiger partial charge in [0.05, 0.1) is 0 Å². The Hall–Kier alpha value is -2.09. The van der Waals surface area contributed by atoms with E-state index in [2.05, 4.69) is 5.32 Å². The van der Waals surface area contributed by atoms with Gasteiger partial charge in [0.1, 0.15) is 5.82 Å². The molecular weight excluding hydrogens is 225 g/mol. The second-order valence-corrected chi connectivity index (χ2v) is 4.15. The van der Waals surface area contributed by atoms with E-state index in [9.17, 15) is 4.39 Å². The molecular formula is C16H16FN. The van der Waals surface area contributed by atoms with Gasteiger partial charge in [-0.1, -0.05) is 48.6 Å². The highest BCUT2D eigenvalue weighted by molar-refractivity contribution is 5.53. The zero-order valence-electron chi connectivity index (χ0n) is 10.4. The maximum absolute atomic E-state index is 13.1. The van der Waals surface area contributed by atoms with E-state index in [4.69, 9.17) is 0 Å². The fraction of sp³-hybridized carbons (Fsp3) is 0.125. The molecule has 0 spiro atoms. The Bertz CT molecular complexity index is 532. The molecule has 0 aliphatic heterocycles. The van der Waals surface area contributed by atoms with Crippen LogP contribution < -0.4 is 5.32 Å². The van der Waals surface area contributed by atoms with Gasteiger partial charge in [-0.15, -0.1) is 0 Å². The number of halogens is 1. The average molecular weight is 241 g/mol. The Kier molecular flexibility index (Phi) is 4.13. The molecule has 2 rings (SSSR count). The molecule has 1 nitrogen and oxygen atoms in total. The van der Waals surface area contributed by atoms with E-state index >= 15 is 0 Å². The molecule has 0 aliphatic rings. The largest absolute Gasteiger partial charge is 0.381 e. The molecule has 0 aromatic heterocycles. The molecule has 0 saturated heterocycles. The quantitative estimate of drug-likeness (QED) is 0.843. The minimum atomic E-state index is -0.213. The lowest BCUT2D eigenvalue weighted by atomic mass is 10.2. The van der Waals surface area contributed by atoms with Crippen molar-refractivity contribution in [3.8, 4) is 0 Å². The first-order valence-electron chi connectivity index (χ1n) is 5.97. The van der Waals surface area contributed by atoms with Crippen LogP contribution in [0.3, 0.4) is 0 Å². The lowest BCUT2D eigenvalue weighted by Crippen LogP contribution is -2.00. The summed E-state index contributed by atoms with van der Waals surface area (Å²) in [6.07, 6.45) is 4.07. The molecule has 1 N–H and O–H groups in total. The summed E-state index contributed by atoms with van der Waals surface area (Å²) in [6, 6.07) is 14.9. The molecule has 0 fully saturated rings.